The SMILES string of the molecule is CC(=O)N[C@@H]1[C@@H](O[C@@H]2O[C@H](CO)[C@H](O)[C@H](O[C@@H]3O[C@H](CO)[C@@H](O[C@@H]4O[C@H](CO)[C@H](O)[C@H](O[C@@H]5O[C@H](COS(=O)(=O)O)[C@@H](O[C@@H]6O[C@H](CO)[C@H](O)[C@H](O[C@@H]7O[C@H](COS(=O)(=O)O)[C@@H](O[C@@H]8O[C@H](CO)[C@H](O)[C@H](O)[C@H]8O)[C@H](O)[C@H]7NC(C)=O)[C@H]6O)[C@H](O)[C@H]5NC(C)=O)[C@H]4O)[C@H](O)[C@H]3NC(C)=O)[C@H]2O)[C@@H](O)[C@@H](CO)O[C@@H]1O. The van der Waals surface area contributed by atoms with Crippen molar-refractivity contribution >= 4 is 44.4 Å². The Morgan fingerprint density at radius 2 is 0.514 bits per heavy atom. The Morgan fingerprint density at radius 1 is 0.275 bits per heavy atom. The second-order valence-electron chi connectivity index (χ2n) is 26.4. The zero-order valence-electron chi connectivity index (χ0n) is 57.6. The van der Waals surface area contributed by atoms with Gasteiger partial charge in [0, 0.05) is 27.7 Å². The standard InChI is InChI=1S/C56H94N4O47S2/c1-13(67)57-25-34(76)42(22(10-66)98-50(25)105-48-33(75)21(9-65)97-56(41(48)83)104-45-28(60-16(4)70)49(84)93-18(6-62)30(45)72)101-54-39(81)46(31(73)19(7-63)95-54)106-52-27(59-15(3)69)36(78)44(24(100-52)12-92-109(88,89)90)103-55-40(82)47(32(74)20(8-64)96-55)107-51-26(58-14(2)68)35(77)43(23(99-51)11-91-108(85,86)87)102-53-38(80)37(79)29(71)17(5-61)94-53/h17-56,61-66,71-84H,5-12H2,1-4H3,(H,57,67)(H,58,68)(H,59,69)(H,60,70)(H,85,86,87)(H,88,89,90)/t17-,18-,19-,20-,21-,22-,23-,24-,25-,26-,27-,28-,29+,30+,31+,32+,33+,34-,35-,36-,37+,38-,39-,40-,41-,42-,43-,44-,45-,46+,47+,48+,49+,50+,51+,52+,53+,54+,55+,56+/m1/s1. The first kappa shape index (κ1) is 90.8. The summed E-state index contributed by atoms with van der Waals surface area (Å²) >= 11 is 0. The lowest BCUT2D eigenvalue weighted by molar-refractivity contribution is -0.388. The molecule has 8 saturated heterocycles. The molecule has 8 aliphatic heterocycles. The third kappa shape index (κ3) is 21.7. The highest BCUT2D eigenvalue weighted by atomic mass is 32.3. The number of hydrogen-bond acceptors (Lipinski definition) is 45. The molecule has 51 nitrogen and oxygen atoms in total. The van der Waals surface area contributed by atoms with Crippen LogP contribution in [0.4, 0.5) is 0 Å². The summed E-state index contributed by atoms with van der Waals surface area (Å²) in [6.45, 7) is -5.86. The van der Waals surface area contributed by atoms with E-state index in [1.165, 1.54) is 0 Å². The molecule has 0 unspecified atom stereocenters. The largest absolute Gasteiger partial charge is 0.397 e. The number of amides is 4. The van der Waals surface area contributed by atoms with E-state index in [1.807, 2.05) is 0 Å². The average molecular weight is 1640 g/mol. The van der Waals surface area contributed by atoms with Gasteiger partial charge in [-0.3, -0.25) is 28.3 Å². The third-order valence-corrected chi connectivity index (χ3v) is 19.5. The molecule has 8 heterocycles. The fourth-order valence-electron chi connectivity index (χ4n) is 13.4. The highest BCUT2D eigenvalue weighted by Gasteiger charge is 2.61. The van der Waals surface area contributed by atoms with Crippen molar-refractivity contribution in [1.29, 1.82) is 0 Å². The molecule has 0 radical (unpaired) electrons. The fraction of sp³-hybridized carbons (Fsp3) is 0.929. The highest BCUT2D eigenvalue weighted by Crippen LogP contribution is 2.40. The Kier molecular flexibility index (Phi) is 32.3. The molecule has 26 N–H and O–H groups in total. The van der Waals surface area contributed by atoms with Crippen molar-refractivity contribution in [3.63, 3.8) is 0 Å². The van der Waals surface area contributed by atoms with Gasteiger partial charge in [-0.2, -0.15) is 16.8 Å². The molecule has 0 aromatic rings. The molecule has 0 spiro atoms. The van der Waals surface area contributed by atoms with E-state index in [4.69, 9.17) is 71.1 Å². The maximum Gasteiger partial charge on any atom is 0.397 e. The van der Waals surface area contributed by atoms with Crippen LogP contribution >= 0.6 is 0 Å². The van der Waals surface area contributed by atoms with E-state index >= 15 is 0 Å². The molecule has 0 aromatic heterocycles. The zero-order valence-corrected chi connectivity index (χ0v) is 59.2. The summed E-state index contributed by atoms with van der Waals surface area (Å²) in [4.78, 5) is 50.8. The monoisotopic (exact) mass is 1640 g/mol. The summed E-state index contributed by atoms with van der Waals surface area (Å²) in [6, 6.07) is -7.77. The Morgan fingerprint density at radius 3 is 0.817 bits per heavy atom. The lowest BCUT2D eigenvalue weighted by Crippen LogP contribution is -2.71. The van der Waals surface area contributed by atoms with Crippen LogP contribution in [0.1, 0.15) is 27.7 Å². The summed E-state index contributed by atoms with van der Waals surface area (Å²) in [5, 5.41) is 231. The summed E-state index contributed by atoms with van der Waals surface area (Å²) in [5.74, 6) is -3.85. The number of hydrogen-bond donors (Lipinski definition) is 26. The number of nitrogens with one attached hydrogen (secondary N) is 4. The van der Waals surface area contributed by atoms with Crippen molar-refractivity contribution in [2.75, 3.05) is 52.9 Å². The number of carbonyl (C=O) groups excluding carboxylic acids is 4. The molecule has 53 heteroatoms. The van der Waals surface area contributed by atoms with Gasteiger partial charge < -0.3 is 194 Å². The van der Waals surface area contributed by atoms with Crippen LogP contribution in [-0.2, 0) is 119 Å². The Balaban J connectivity index is 1.03. The lowest BCUT2D eigenvalue weighted by atomic mass is 9.93. The van der Waals surface area contributed by atoms with E-state index in [0.29, 0.717) is 0 Å². The lowest BCUT2D eigenvalue weighted by Gasteiger charge is -2.51. The van der Waals surface area contributed by atoms with Crippen LogP contribution in [0, 0.1) is 0 Å². The summed E-state index contributed by atoms with van der Waals surface area (Å²) < 4.78 is 163. The van der Waals surface area contributed by atoms with Gasteiger partial charge >= 0.3 is 20.8 Å². The number of ether oxygens (including phenoxy) is 15. The normalized spacial score (nSPS) is 46.0. The topological polar surface area (TPSA) is 787 Å². The smallest absolute Gasteiger partial charge is 0.394 e. The zero-order chi connectivity index (χ0) is 80.9. The van der Waals surface area contributed by atoms with Gasteiger partial charge in [-0.15, -0.1) is 0 Å². The van der Waals surface area contributed by atoms with Crippen molar-refractivity contribution in [1.82, 2.24) is 21.3 Å². The minimum atomic E-state index is -5.57. The van der Waals surface area contributed by atoms with Crippen molar-refractivity contribution in [2.45, 2.75) is 273 Å². The first-order chi connectivity index (χ1) is 51.1. The number of carbonyl (C=O) groups is 4. The molecule has 0 bridgehead atoms. The van der Waals surface area contributed by atoms with Gasteiger partial charge in [-0.25, -0.2) is 8.37 Å². The van der Waals surface area contributed by atoms with Gasteiger partial charge in [0.05, 0.1) is 52.9 Å². The quantitative estimate of drug-likeness (QED) is 0.0297. The van der Waals surface area contributed by atoms with E-state index in [-0.39, 0.29) is 0 Å². The highest BCUT2D eigenvalue weighted by molar-refractivity contribution is 7.81. The molecule has 632 valence electrons. The Hall–Kier alpha value is -3.78. The van der Waals surface area contributed by atoms with Crippen LogP contribution in [0.5, 0.6) is 0 Å². The predicted octanol–water partition coefficient (Wildman–Crippen LogP) is -18.2. The number of aliphatic hydroxyl groups excluding tert-OH is 20. The van der Waals surface area contributed by atoms with Crippen LogP contribution in [0.15, 0.2) is 0 Å². The second-order valence-corrected chi connectivity index (χ2v) is 28.6. The van der Waals surface area contributed by atoms with E-state index < -0.39 is 343 Å². The molecule has 0 aliphatic carbocycles. The van der Waals surface area contributed by atoms with Crippen molar-refractivity contribution in [3.05, 3.63) is 0 Å². The van der Waals surface area contributed by atoms with Crippen LogP contribution in [0.3, 0.4) is 0 Å². The minimum absolute atomic E-state index is 0.794. The second kappa shape index (κ2) is 38.8. The summed E-state index contributed by atoms with van der Waals surface area (Å²) in [5.41, 5.74) is 0. The van der Waals surface area contributed by atoms with E-state index in [1.54, 1.807) is 0 Å². The van der Waals surface area contributed by atoms with Crippen molar-refractivity contribution < 1.29 is 227 Å². The Labute approximate surface area is 616 Å². The fourth-order valence-corrected chi connectivity index (χ4v) is 14.0. The molecule has 40 atom stereocenters. The molecular formula is C56H94N4O47S2. The third-order valence-electron chi connectivity index (χ3n) is 18.7. The van der Waals surface area contributed by atoms with Crippen LogP contribution in [0.2, 0.25) is 0 Å². The molecule has 109 heavy (non-hydrogen) atoms. The molecule has 0 saturated carbocycles. The first-order valence-electron chi connectivity index (χ1n) is 33.4. The van der Waals surface area contributed by atoms with Gasteiger partial charge in [0.2, 0.25) is 23.6 Å². The van der Waals surface area contributed by atoms with Crippen molar-refractivity contribution in [3.8, 4) is 0 Å². The molecule has 8 aliphatic rings. The first-order valence-corrected chi connectivity index (χ1v) is 36.2. The number of aliphatic hydroxyl groups is 20. The van der Waals surface area contributed by atoms with Crippen LogP contribution < -0.4 is 21.3 Å². The van der Waals surface area contributed by atoms with Crippen molar-refractivity contribution in [2.24, 2.45) is 0 Å². The predicted molar refractivity (Wildman–Crippen MR) is 332 cm³/mol. The molecule has 4 amide bonds. The maximum absolute atomic E-state index is 13.0. The van der Waals surface area contributed by atoms with Gasteiger partial charge in [-0.1, -0.05) is 0 Å². The van der Waals surface area contributed by atoms with Gasteiger partial charge in [0.25, 0.3) is 0 Å². The average Bonchev–Trinajstić information content (AvgIpc) is 0.769. The number of rotatable bonds is 30. The van der Waals surface area contributed by atoms with E-state index in [9.17, 15) is 147 Å². The molecule has 8 rings (SSSR count). The molecular weight excluding hydrogens is 1540 g/mol. The van der Waals surface area contributed by atoms with E-state index in [2.05, 4.69) is 29.6 Å². The summed E-state index contributed by atoms with van der Waals surface area (Å²) in [7, 11) is -11.0. The van der Waals surface area contributed by atoms with Gasteiger partial charge in [0.1, 0.15) is 195 Å². The molecule has 8 fully saturated rings. The summed E-state index contributed by atoms with van der Waals surface area (Å²) in [6.07, 6.45) is -77.3. The Bertz CT molecular complexity index is 3180. The maximum atomic E-state index is 13.0. The van der Waals surface area contributed by atoms with Crippen LogP contribution in [0.25, 0.3) is 0 Å². The van der Waals surface area contributed by atoms with E-state index in [0.717, 1.165) is 27.7 Å². The molecule has 0 aromatic carbocycles. The van der Waals surface area contributed by atoms with Crippen LogP contribution in [-0.4, -0.2) is 450 Å². The van der Waals surface area contributed by atoms with Gasteiger partial charge in [0.15, 0.2) is 50.3 Å². The van der Waals surface area contributed by atoms with Gasteiger partial charge in [-0.05, 0) is 0 Å². The minimum Gasteiger partial charge on any atom is -0.394 e.